The highest BCUT2D eigenvalue weighted by atomic mass is 16.7. The fourth-order valence-electron chi connectivity index (χ4n) is 3.18. The van der Waals surface area contributed by atoms with Crippen molar-refractivity contribution >= 4 is 6.09 Å². The number of amides is 1. The molecule has 0 aliphatic carbocycles. The molecule has 2 fully saturated rings. The third kappa shape index (κ3) is 5.34. The summed E-state index contributed by atoms with van der Waals surface area (Å²) in [6, 6.07) is 0. The largest absolute Gasteiger partial charge is 0.447 e. The minimum Gasteiger partial charge on any atom is -0.447 e. The van der Waals surface area contributed by atoms with E-state index >= 15 is 0 Å². The van der Waals surface area contributed by atoms with Gasteiger partial charge in [-0.1, -0.05) is 0 Å². The van der Waals surface area contributed by atoms with Crippen molar-refractivity contribution in [2.45, 2.75) is 73.6 Å². The Balaban J connectivity index is 2.16. The maximum atomic E-state index is 10.7. The third-order valence-electron chi connectivity index (χ3n) is 4.84. The van der Waals surface area contributed by atoms with Gasteiger partial charge < -0.3 is 70.6 Å². The first-order valence-corrected chi connectivity index (χ1v) is 8.93. The number of aliphatic hydroxyl groups excluding tert-OH is 9. The molecule has 0 unspecified atom stereocenters. The van der Waals surface area contributed by atoms with Crippen molar-refractivity contribution in [2.75, 3.05) is 13.2 Å². The first-order chi connectivity index (χ1) is 14.0. The Morgan fingerprint density at radius 1 is 0.867 bits per heavy atom. The van der Waals surface area contributed by atoms with Crippen molar-refractivity contribution in [3.63, 3.8) is 0 Å². The molecule has 2 rings (SSSR count). The van der Waals surface area contributed by atoms with Gasteiger partial charge in [0, 0.05) is 0 Å². The fourth-order valence-corrected chi connectivity index (χ4v) is 3.18. The molecule has 0 saturated carbocycles. The molecule has 0 aromatic heterocycles. The molecule has 15 nitrogen and oxygen atoms in total. The lowest BCUT2D eigenvalue weighted by Crippen LogP contribution is -2.66. The van der Waals surface area contributed by atoms with E-state index in [0.29, 0.717) is 0 Å². The van der Waals surface area contributed by atoms with Crippen LogP contribution in [0.25, 0.3) is 0 Å². The van der Waals surface area contributed by atoms with Crippen LogP contribution < -0.4 is 5.73 Å². The lowest BCUT2D eigenvalue weighted by Gasteiger charge is -2.46. The average Bonchev–Trinajstić information content (AvgIpc) is 2.71. The molecule has 0 aromatic rings. The van der Waals surface area contributed by atoms with Crippen LogP contribution in [0, 0.1) is 0 Å². The van der Waals surface area contributed by atoms with E-state index in [1.807, 2.05) is 0 Å². The van der Waals surface area contributed by atoms with Crippen molar-refractivity contribution in [3.8, 4) is 0 Å². The molecule has 30 heavy (non-hydrogen) atoms. The molecule has 1 amide bonds. The molecule has 2 heterocycles. The molecule has 0 aromatic carbocycles. The van der Waals surface area contributed by atoms with E-state index in [4.69, 9.17) is 25.1 Å². The summed E-state index contributed by atoms with van der Waals surface area (Å²) in [6.45, 7) is -1.60. The van der Waals surface area contributed by atoms with Crippen molar-refractivity contribution in [2.24, 2.45) is 5.73 Å². The quantitative estimate of drug-likeness (QED) is 0.175. The maximum Gasteiger partial charge on any atom is 0.404 e. The van der Waals surface area contributed by atoms with E-state index in [9.17, 15) is 45.6 Å². The highest BCUT2D eigenvalue weighted by Gasteiger charge is 2.52. The zero-order valence-corrected chi connectivity index (χ0v) is 15.5. The molecule has 15 heteroatoms. The number of carbonyl (C=O) groups is 1. The molecule has 2 aliphatic rings. The molecule has 2 aliphatic heterocycles. The second-order valence-corrected chi connectivity index (χ2v) is 6.96. The number of carbonyl (C=O) groups excluding carboxylic acids is 1. The van der Waals surface area contributed by atoms with Gasteiger partial charge in [0.2, 0.25) is 0 Å². The van der Waals surface area contributed by atoms with Crippen molar-refractivity contribution in [1.29, 1.82) is 0 Å². The average molecular weight is 445 g/mol. The van der Waals surface area contributed by atoms with Crippen molar-refractivity contribution in [3.05, 3.63) is 0 Å². The highest BCUT2D eigenvalue weighted by Crippen LogP contribution is 2.30. The van der Waals surface area contributed by atoms with Gasteiger partial charge >= 0.3 is 6.09 Å². The van der Waals surface area contributed by atoms with Gasteiger partial charge in [0.25, 0.3) is 0 Å². The van der Waals surface area contributed by atoms with Crippen LogP contribution in [-0.2, 0) is 18.9 Å². The van der Waals surface area contributed by atoms with E-state index in [-0.39, 0.29) is 0 Å². The molecule has 0 radical (unpaired) electrons. The minimum absolute atomic E-state index is 0.738. The standard InChI is InChI=1S/C15H27NO14/c16-15(26)27-2-4(19)11-6(21)5(20)7(22)14(29-11)30-12-8(23)10(3(18)1-17)28-13(25)9(12)24/h3-14,17-25H,1-2H2,(H2,16,26)/t3-,4-,5-,6-,7-,8+,9-,10+,11+,12-,13-,14+/m0/s1. The van der Waals surface area contributed by atoms with Crippen LogP contribution >= 0.6 is 0 Å². The van der Waals surface area contributed by atoms with Gasteiger partial charge in [-0.05, 0) is 0 Å². The van der Waals surface area contributed by atoms with Gasteiger partial charge in [-0.3, -0.25) is 0 Å². The molecular formula is C15H27NO14. The van der Waals surface area contributed by atoms with Crippen LogP contribution in [0.3, 0.4) is 0 Å². The van der Waals surface area contributed by atoms with Crippen LogP contribution in [0.1, 0.15) is 0 Å². The van der Waals surface area contributed by atoms with Gasteiger partial charge in [0.05, 0.1) is 6.61 Å². The predicted octanol–water partition coefficient (Wildman–Crippen LogP) is -6.57. The van der Waals surface area contributed by atoms with E-state index in [2.05, 4.69) is 4.74 Å². The molecular weight excluding hydrogens is 418 g/mol. The number of hydrogen-bond acceptors (Lipinski definition) is 14. The molecule has 11 N–H and O–H groups in total. The second-order valence-electron chi connectivity index (χ2n) is 6.96. The fraction of sp³-hybridized carbons (Fsp3) is 0.933. The van der Waals surface area contributed by atoms with E-state index in [1.54, 1.807) is 0 Å². The summed E-state index contributed by atoms with van der Waals surface area (Å²) in [6.07, 6.45) is -23.0. The zero-order chi connectivity index (χ0) is 22.7. The lowest BCUT2D eigenvalue weighted by molar-refractivity contribution is -0.363. The summed E-state index contributed by atoms with van der Waals surface area (Å²) in [7, 11) is 0. The number of rotatable bonds is 7. The Bertz CT molecular complexity index is 567. The Morgan fingerprint density at radius 2 is 1.47 bits per heavy atom. The minimum atomic E-state index is -1.97. The first kappa shape index (κ1) is 25.1. The molecule has 0 bridgehead atoms. The summed E-state index contributed by atoms with van der Waals surface area (Å²) in [5.74, 6) is 0. The van der Waals surface area contributed by atoms with Crippen LogP contribution in [0.5, 0.6) is 0 Å². The number of aliphatic hydroxyl groups is 9. The van der Waals surface area contributed by atoms with Crippen LogP contribution in [-0.4, -0.2) is 139 Å². The lowest BCUT2D eigenvalue weighted by atomic mass is 9.93. The molecule has 0 spiro atoms. The van der Waals surface area contributed by atoms with Crippen LogP contribution in [0.2, 0.25) is 0 Å². The van der Waals surface area contributed by atoms with Crippen molar-refractivity contribution in [1.82, 2.24) is 0 Å². The molecule has 12 atom stereocenters. The topological polar surface area (TPSA) is 262 Å². The maximum absolute atomic E-state index is 10.7. The Morgan fingerprint density at radius 3 is 2.03 bits per heavy atom. The van der Waals surface area contributed by atoms with Crippen molar-refractivity contribution < 1.29 is 69.7 Å². The first-order valence-electron chi connectivity index (χ1n) is 8.93. The normalized spacial score (nSPS) is 44.3. The van der Waals surface area contributed by atoms with Gasteiger partial charge in [-0.15, -0.1) is 0 Å². The Labute approximate surface area is 169 Å². The smallest absolute Gasteiger partial charge is 0.404 e. The Hall–Kier alpha value is -1.21. The van der Waals surface area contributed by atoms with Gasteiger partial charge in [0.15, 0.2) is 12.6 Å². The zero-order valence-electron chi connectivity index (χ0n) is 15.5. The molecule has 2 saturated heterocycles. The van der Waals surface area contributed by atoms with Gasteiger partial charge in [0.1, 0.15) is 67.6 Å². The van der Waals surface area contributed by atoms with Gasteiger partial charge in [-0.25, -0.2) is 4.79 Å². The monoisotopic (exact) mass is 445 g/mol. The Kier molecular flexibility index (Phi) is 8.69. The van der Waals surface area contributed by atoms with Gasteiger partial charge in [-0.2, -0.15) is 0 Å². The molecule has 176 valence electrons. The highest BCUT2D eigenvalue weighted by molar-refractivity contribution is 5.64. The number of primary amides is 1. The summed E-state index contributed by atoms with van der Waals surface area (Å²) in [5, 5.41) is 89.1. The summed E-state index contributed by atoms with van der Waals surface area (Å²) >= 11 is 0. The number of nitrogens with two attached hydrogens (primary N) is 1. The summed E-state index contributed by atoms with van der Waals surface area (Å²) in [4.78, 5) is 10.7. The SMILES string of the molecule is NC(=O)OC[C@H](O)[C@H]1O[C@H](O[C@H]2[C@H](O)[C@@H]([C@@H](O)CO)O[C@H](O)[C@H]2O)[C@@H](O)[C@@H](O)[C@@H]1O. The summed E-state index contributed by atoms with van der Waals surface area (Å²) < 4.78 is 19.7. The van der Waals surface area contributed by atoms with E-state index in [1.165, 1.54) is 0 Å². The predicted molar refractivity (Wildman–Crippen MR) is 89.1 cm³/mol. The van der Waals surface area contributed by atoms with E-state index < -0.39 is 92.9 Å². The number of hydrogen-bond donors (Lipinski definition) is 10. The van der Waals surface area contributed by atoms with E-state index in [0.717, 1.165) is 0 Å². The second kappa shape index (κ2) is 10.4. The summed E-state index contributed by atoms with van der Waals surface area (Å²) in [5.41, 5.74) is 4.78. The third-order valence-corrected chi connectivity index (χ3v) is 4.84. The number of ether oxygens (including phenoxy) is 4. The van der Waals surface area contributed by atoms with Crippen LogP contribution in [0.15, 0.2) is 0 Å². The van der Waals surface area contributed by atoms with Crippen LogP contribution in [0.4, 0.5) is 4.79 Å².